The molecule has 4 nitrogen and oxygen atoms in total. The zero-order valence-electron chi connectivity index (χ0n) is 6.24. The molecule has 60 valence electrons. The van der Waals surface area contributed by atoms with Crippen LogP contribution >= 0.6 is 24.0 Å². The van der Waals surface area contributed by atoms with E-state index in [1.807, 2.05) is 6.26 Å². The van der Waals surface area contributed by atoms with Gasteiger partial charge in [0.05, 0.1) is 0 Å². The third kappa shape index (κ3) is 1.69. The fourth-order valence-electron chi connectivity index (χ4n) is 0.641. The van der Waals surface area contributed by atoms with E-state index >= 15 is 0 Å². The summed E-state index contributed by atoms with van der Waals surface area (Å²) in [6.45, 7) is 0. The molecule has 11 heavy (non-hydrogen) atoms. The van der Waals surface area contributed by atoms with E-state index in [4.69, 9.17) is 18.0 Å². The van der Waals surface area contributed by atoms with Gasteiger partial charge in [0.25, 0.3) is 0 Å². The smallest absolute Gasteiger partial charge is 0.185 e. The van der Waals surface area contributed by atoms with Crippen LogP contribution in [0.1, 0.15) is 0 Å². The van der Waals surface area contributed by atoms with Crippen molar-refractivity contribution in [1.82, 2.24) is 14.8 Å². The summed E-state index contributed by atoms with van der Waals surface area (Å²) in [6, 6.07) is 0. The second-order valence-corrected chi connectivity index (χ2v) is 3.07. The van der Waals surface area contributed by atoms with E-state index in [0.29, 0.717) is 10.5 Å². The molecule has 0 amide bonds. The fourth-order valence-corrected chi connectivity index (χ4v) is 1.31. The van der Waals surface area contributed by atoms with Crippen LogP contribution in [0.4, 0.5) is 5.82 Å². The lowest BCUT2D eigenvalue weighted by molar-refractivity contribution is 0.623. The first-order valence-electron chi connectivity index (χ1n) is 2.90. The molecular weight excluding hydrogens is 180 g/mol. The van der Waals surface area contributed by atoms with Gasteiger partial charge in [0.1, 0.15) is 0 Å². The highest BCUT2D eigenvalue weighted by Crippen LogP contribution is 2.09. The lowest BCUT2D eigenvalue weighted by Crippen LogP contribution is -2.07. The summed E-state index contributed by atoms with van der Waals surface area (Å²) in [4.78, 5) is 4.04. The number of hydrogen-bond donors (Lipinski definition) is 1. The minimum atomic E-state index is 0.306. The maximum absolute atomic E-state index is 5.44. The molecule has 1 aromatic rings. The number of nitrogens with zero attached hydrogens (tertiary/aromatic N) is 3. The molecule has 1 rings (SSSR count). The monoisotopic (exact) mass is 188 g/mol. The summed E-state index contributed by atoms with van der Waals surface area (Å²) < 4.78 is 1.97. The number of aromatic nitrogens is 3. The Morgan fingerprint density at radius 2 is 2.27 bits per heavy atom. The van der Waals surface area contributed by atoms with Crippen LogP contribution in [0, 0.1) is 4.64 Å². The summed E-state index contributed by atoms with van der Waals surface area (Å²) in [6.07, 6.45) is 1.91. The Morgan fingerprint density at radius 3 is 2.82 bits per heavy atom. The number of aryl methyl sites for hydroxylation is 1. The Balaban J connectivity index is 3.32. The largest absolute Gasteiger partial charge is 0.380 e. The maximum atomic E-state index is 5.44. The number of nitrogens with two attached hydrogens (primary N) is 1. The van der Waals surface area contributed by atoms with Crippen molar-refractivity contribution < 1.29 is 0 Å². The minimum Gasteiger partial charge on any atom is -0.380 e. The van der Waals surface area contributed by atoms with Crippen molar-refractivity contribution in [2.75, 3.05) is 12.0 Å². The first-order valence-corrected chi connectivity index (χ1v) is 4.53. The van der Waals surface area contributed by atoms with Crippen molar-refractivity contribution in [1.29, 1.82) is 0 Å². The van der Waals surface area contributed by atoms with Crippen LogP contribution in [0.25, 0.3) is 0 Å². The molecule has 0 fully saturated rings. The van der Waals surface area contributed by atoms with E-state index in [2.05, 4.69) is 10.1 Å². The Hall–Kier alpha value is -0.620. The average Bonchev–Trinajstić information content (AvgIpc) is 1.97. The van der Waals surface area contributed by atoms with Crippen LogP contribution in [0.15, 0.2) is 5.16 Å². The number of nitrogen functional groups attached to an aromatic ring is 1. The molecule has 0 aliphatic rings. The van der Waals surface area contributed by atoms with Crippen molar-refractivity contribution in [2.45, 2.75) is 5.16 Å². The fraction of sp³-hybridized carbons (Fsp3) is 0.400. The Kier molecular flexibility index (Phi) is 2.45. The minimum absolute atomic E-state index is 0.306. The summed E-state index contributed by atoms with van der Waals surface area (Å²) in [7, 11) is 1.78. The molecule has 0 unspecified atom stereocenters. The Morgan fingerprint density at radius 1 is 1.64 bits per heavy atom. The summed E-state index contributed by atoms with van der Waals surface area (Å²) in [5.74, 6) is 0.306. The summed E-state index contributed by atoms with van der Waals surface area (Å²) in [5.41, 5.74) is 5.44. The van der Waals surface area contributed by atoms with Crippen molar-refractivity contribution >= 4 is 29.8 Å². The zero-order chi connectivity index (χ0) is 8.43. The lowest BCUT2D eigenvalue weighted by atomic mass is 10.8. The van der Waals surface area contributed by atoms with Gasteiger partial charge in [-0.3, -0.25) is 0 Å². The predicted octanol–water partition coefficient (Wildman–Crippen LogP) is 0.849. The zero-order valence-corrected chi connectivity index (χ0v) is 7.87. The highest BCUT2D eigenvalue weighted by atomic mass is 32.2. The number of anilines is 1. The molecule has 1 heterocycles. The number of hydrogen-bond acceptors (Lipinski definition) is 5. The Labute approximate surface area is 73.8 Å². The maximum Gasteiger partial charge on any atom is 0.185 e. The van der Waals surface area contributed by atoms with Crippen LogP contribution in [-0.4, -0.2) is 21.0 Å². The lowest BCUT2D eigenvalue weighted by Gasteiger charge is -2.03. The van der Waals surface area contributed by atoms with Crippen molar-refractivity contribution in [3.8, 4) is 0 Å². The van der Waals surface area contributed by atoms with Crippen molar-refractivity contribution in [2.24, 2.45) is 7.05 Å². The first-order chi connectivity index (χ1) is 5.15. The van der Waals surface area contributed by atoms with Gasteiger partial charge in [-0.2, -0.15) is 5.10 Å². The topological polar surface area (TPSA) is 56.7 Å². The second-order valence-electron chi connectivity index (χ2n) is 1.91. The van der Waals surface area contributed by atoms with E-state index in [9.17, 15) is 0 Å². The molecule has 2 N–H and O–H groups in total. The van der Waals surface area contributed by atoms with Crippen LogP contribution in [0.5, 0.6) is 0 Å². The van der Waals surface area contributed by atoms with Gasteiger partial charge in [0.15, 0.2) is 15.6 Å². The quantitative estimate of drug-likeness (QED) is 0.523. The molecule has 1 aromatic heterocycles. The molecule has 0 aliphatic heterocycles. The van der Waals surface area contributed by atoms with Crippen LogP contribution in [-0.2, 0) is 7.05 Å². The first kappa shape index (κ1) is 8.48. The third-order valence-corrected chi connectivity index (χ3v) is 2.15. The molecular formula is C5H8N4S2. The molecule has 0 aliphatic carbocycles. The van der Waals surface area contributed by atoms with Gasteiger partial charge in [-0.25, -0.2) is 9.67 Å². The van der Waals surface area contributed by atoms with E-state index in [0.717, 1.165) is 5.16 Å². The van der Waals surface area contributed by atoms with Crippen LogP contribution in [0.2, 0.25) is 0 Å². The predicted molar refractivity (Wildman–Crippen MR) is 48.0 cm³/mol. The van der Waals surface area contributed by atoms with Gasteiger partial charge in [0.2, 0.25) is 0 Å². The SMILES string of the molecule is CSc1nc(=S)c(N)nn1C. The van der Waals surface area contributed by atoms with Gasteiger partial charge < -0.3 is 5.73 Å². The van der Waals surface area contributed by atoms with Crippen molar-refractivity contribution in [3.63, 3.8) is 0 Å². The second kappa shape index (κ2) is 3.19. The van der Waals surface area contributed by atoms with Gasteiger partial charge in [0, 0.05) is 7.05 Å². The van der Waals surface area contributed by atoms with Crippen LogP contribution < -0.4 is 5.73 Å². The van der Waals surface area contributed by atoms with E-state index in [1.165, 1.54) is 11.8 Å². The van der Waals surface area contributed by atoms with E-state index in [1.54, 1.807) is 11.7 Å². The van der Waals surface area contributed by atoms with Gasteiger partial charge in [-0.1, -0.05) is 24.0 Å². The van der Waals surface area contributed by atoms with E-state index < -0.39 is 0 Å². The molecule has 0 atom stereocenters. The van der Waals surface area contributed by atoms with E-state index in [-0.39, 0.29) is 0 Å². The Bertz CT molecular complexity index is 319. The molecule has 0 aromatic carbocycles. The normalized spacial score (nSPS) is 10.0. The van der Waals surface area contributed by atoms with Gasteiger partial charge >= 0.3 is 0 Å². The van der Waals surface area contributed by atoms with Gasteiger partial charge in [-0.15, -0.1) is 0 Å². The van der Waals surface area contributed by atoms with Crippen LogP contribution in [0.3, 0.4) is 0 Å². The number of thioether (sulfide) groups is 1. The van der Waals surface area contributed by atoms with Crippen molar-refractivity contribution in [3.05, 3.63) is 4.64 Å². The molecule has 0 radical (unpaired) electrons. The molecule has 6 heteroatoms. The summed E-state index contributed by atoms with van der Waals surface area (Å²) >= 11 is 6.33. The average molecular weight is 188 g/mol. The highest BCUT2D eigenvalue weighted by molar-refractivity contribution is 7.98. The number of rotatable bonds is 1. The molecule has 0 bridgehead atoms. The molecule has 0 saturated heterocycles. The molecule has 0 spiro atoms. The summed E-state index contributed by atoms with van der Waals surface area (Å²) in [5, 5.41) is 4.72. The standard InChI is InChI=1S/C5H8N4S2/c1-9-5(11-2)7-4(10)3(6)8-9/h1-2H3,(H2,6,8). The van der Waals surface area contributed by atoms with Gasteiger partial charge in [-0.05, 0) is 6.26 Å². The highest BCUT2D eigenvalue weighted by Gasteiger charge is 1.99. The molecule has 0 saturated carbocycles. The third-order valence-electron chi connectivity index (χ3n) is 1.13.